The SMILES string of the molecule is CN1C(=O)S/C(=C\[C@@H]2C(=O)NC(=S)N(c3ccccc3)C2=O)C1=O. The number of rotatable bonds is 2. The quantitative estimate of drug-likeness (QED) is 0.485. The minimum atomic E-state index is -1.23. The lowest BCUT2D eigenvalue weighted by Crippen LogP contribution is -2.57. The summed E-state index contributed by atoms with van der Waals surface area (Å²) in [5.74, 6) is -2.97. The Kier molecular flexibility index (Phi) is 4.20. The number of carbonyl (C=O) groups excluding carboxylic acids is 4. The molecule has 1 aromatic rings. The summed E-state index contributed by atoms with van der Waals surface area (Å²) in [6.07, 6.45) is 1.21. The first-order chi connectivity index (χ1) is 11.4. The molecule has 2 aliphatic rings. The fourth-order valence-corrected chi connectivity index (χ4v) is 3.40. The molecular formula is C15H11N3O4S2. The van der Waals surface area contributed by atoms with E-state index < -0.39 is 28.9 Å². The number of nitrogens with one attached hydrogen (secondary N) is 1. The average molecular weight is 361 g/mol. The lowest BCUT2D eigenvalue weighted by Gasteiger charge is -2.31. The highest BCUT2D eigenvalue weighted by molar-refractivity contribution is 8.18. The topological polar surface area (TPSA) is 86.8 Å². The van der Waals surface area contributed by atoms with Crippen LogP contribution in [-0.2, 0) is 14.4 Å². The van der Waals surface area contributed by atoms with Crippen molar-refractivity contribution in [1.82, 2.24) is 10.2 Å². The Bertz CT molecular complexity index is 806. The summed E-state index contributed by atoms with van der Waals surface area (Å²) >= 11 is 5.77. The van der Waals surface area contributed by atoms with Crippen LogP contribution in [0, 0.1) is 5.92 Å². The molecule has 3 rings (SSSR count). The Morgan fingerprint density at radius 3 is 2.42 bits per heavy atom. The molecule has 1 N–H and O–H groups in total. The van der Waals surface area contributed by atoms with E-state index in [0.29, 0.717) is 17.4 Å². The van der Waals surface area contributed by atoms with Crippen molar-refractivity contribution >= 4 is 57.7 Å². The molecule has 0 aliphatic carbocycles. The van der Waals surface area contributed by atoms with Gasteiger partial charge in [0.05, 0.1) is 10.6 Å². The molecule has 1 aromatic carbocycles. The molecule has 7 nitrogen and oxygen atoms in total. The number of hydrogen-bond acceptors (Lipinski definition) is 6. The Hall–Kier alpha value is -2.52. The predicted octanol–water partition coefficient (Wildman–Crippen LogP) is 1.26. The molecular weight excluding hydrogens is 350 g/mol. The number of nitrogens with zero attached hydrogens (tertiary/aromatic N) is 2. The zero-order valence-corrected chi connectivity index (χ0v) is 14.0. The average Bonchev–Trinajstić information content (AvgIpc) is 2.79. The van der Waals surface area contributed by atoms with Crippen LogP contribution in [0.1, 0.15) is 0 Å². The van der Waals surface area contributed by atoms with Gasteiger partial charge in [-0.3, -0.25) is 29.0 Å². The molecule has 2 saturated heterocycles. The number of benzene rings is 1. The maximum atomic E-state index is 12.7. The van der Waals surface area contributed by atoms with Crippen LogP contribution in [0.2, 0.25) is 0 Å². The predicted molar refractivity (Wildman–Crippen MR) is 92.0 cm³/mol. The summed E-state index contributed by atoms with van der Waals surface area (Å²) < 4.78 is 0. The Labute approximate surface area is 146 Å². The summed E-state index contributed by atoms with van der Waals surface area (Å²) in [5.41, 5.74) is 0.509. The van der Waals surface area contributed by atoms with Crippen LogP contribution in [0.25, 0.3) is 0 Å². The second kappa shape index (κ2) is 6.17. The minimum Gasteiger partial charge on any atom is -0.301 e. The van der Waals surface area contributed by atoms with E-state index in [-0.39, 0.29) is 10.0 Å². The van der Waals surface area contributed by atoms with E-state index in [2.05, 4.69) is 5.32 Å². The zero-order valence-electron chi connectivity index (χ0n) is 12.4. The molecule has 9 heteroatoms. The highest BCUT2D eigenvalue weighted by Gasteiger charge is 2.41. The molecule has 2 aliphatic heterocycles. The molecule has 0 aromatic heterocycles. The molecule has 2 heterocycles. The number of anilines is 1. The molecule has 4 amide bonds. The highest BCUT2D eigenvalue weighted by atomic mass is 32.2. The van der Waals surface area contributed by atoms with E-state index in [9.17, 15) is 19.2 Å². The number of likely N-dealkylation sites (N-methyl/N-ethyl adjacent to an activating group) is 1. The van der Waals surface area contributed by atoms with Crippen LogP contribution in [0.3, 0.4) is 0 Å². The number of thioether (sulfide) groups is 1. The molecule has 0 saturated carbocycles. The van der Waals surface area contributed by atoms with Gasteiger partial charge in [-0.2, -0.15) is 0 Å². The van der Waals surface area contributed by atoms with E-state index in [1.54, 1.807) is 30.3 Å². The van der Waals surface area contributed by atoms with Gasteiger partial charge in [0.1, 0.15) is 5.92 Å². The molecule has 2 fully saturated rings. The van der Waals surface area contributed by atoms with Crippen molar-refractivity contribution in [2.45, 2.75) is 0 Å². The van der Waals surface area contributed by atoms with Crippen LogP contribution in [-0.4, -0.2) is 40.0 Å². The minimum absolute atomic E-state index is 0.0237. The first kappa shape index (κ1) is 16.3. The second-order valence-electron chi connectivity index (χ2n) is 5.04. The lowest BCUT2D eigenvalue weighted by molar-refractivity contribution is -0.131. The van der Waals surface area contributed by atoms with Crippen LogP contribution in [0.15, 0.2) is 41.3 Å². The number of carbonyl (C=O) groups is 4. The van der Waals surface area contributed by atoms with E-state index in [0.717, 1.165) is 4.90 Å². The van der Waals surface area contributed by atoms with Crippen molar-refractivity contribution in [1.29, 1.82) is 0 Å². The molecule has 122 valence electrons. The normalized spacial score (nSPS) is 23.3. The summed E-state index contributed by atoms with van der Waals surface area (Å²) in [5, 5.41) is 1.98. The molecule has 0 spiro atoms. The van der Waals surface area contributed by atoms with Gasteiger partial charge in [-0.25, -0.2) is 0 Å². The number of amides is 4. The van der Waals surface area contributed by atoms with Gasteiger partial charge < -0.3 is 5.32 Å². The number of thiocarbonyl (C=S) groups is 1. The Morgan fingerprint density at radius 1 is 1.17 bits per heavy atom. The molecule has 0 unspecified atom stereocenters. The number of para-hydroxylation sites is 1. The standard InChI is InChI=1S/C15H11N3O4S2/c1-17-13(21)10(24-15(17)22)7-9-11(19)16-14(23)18(12(9)20)8-5-3-2-4-6-8/h2-7,9H,1H3,(H,16,19,23)/b10-7-/t9-/m1/s1. The maximum Gasteiger partial charge on any atom is 0.293 e. The summed E-state index contributed by atoms with van der Waals surface area (Å²) in [6.45, 7) is 0. The van der Waals surface area contributed by atoms with Crippen molar-refractivity contribution in [3.63, 3.8) is 0 Å². The number of imide groups is 1. The van der Waals surface area contributed by atoms with Gasteiger partial charge in [-0.1, -0.05) is 18.2 Å². The smallest absolute Gasteiger partial charge is 0.293 e. The first-order valence-electron chi connectivity index (χ1n) is 6.85. The monoisotopic (exact) mass is 361 g/mol. The van der Waals surface area contributed by atoms with Crippen LogP contribution < -0.4 is 10.2 Å². The third-order valence-electron chi connectivity index (χ3n) is 3.52. The molecule has 0 radical (unpaired) electrons. The van der Waals surface area contributed by atoms with Gasteiger partial charge in [0.25, 0.3) is 11.1 Å². The third-order valence-corrected chi connectivity index (χ3v) is 4.78. The fraction of sp³-hybridized carbons (Fsp3) is 0.133. The Balaban J connectivity index is 1.95. The largest absolute Gasteiger partial charge is 0.301 e. The molecule has 24 heavy (non-hydrogen) atoms. The van der Waals surface area contributed by atoms with Crippen LogP contribution >= 0.6 is 24.0 Å². The highest BCUT2D eigenvalue weighted by Crippen LogP contribution is 2.31. The lowest BCUT2D eigenvalue weighted by atomic mass is 10.0. The van der Waals surface area contributed by atoms with Crippen LogP contribution in [0.4, 0.5) is 10.5 Å². The van der Waals surface area contributed by atoms with Crippen molar-refractivity contribution < 1.29 is 19.2 Å². The van der Waals surface area contributed by atoms with Crippen molar-refractivity contribution in [2.24, 2.45) is 5.92 Å². The first-order valence-corrected chi connectivity index (χ1v) is 8.08. The molecule has 0 bridgehead atoms. The van der Waals surface area contributed by atoms with E-state index in [4.69, 9.17) is 12.2 Å². The third kappa shape index (κ3) is 2.72. The molecule has 1 atom stereocenters. The van der Waals surface area contributed by atoms with E-state index >= 15 is 0 Å². The van der Waals surface area contributed by atoms with Gasteiger partial charge in [0.15, 0.2) is 5.11 Å². The van der Waals surface area contributed by atoms with Gasteiger partial charge in [-0.05, 0) is 42.2 Å². The summed E-state index contributed by atoms with van der Waals surface area (Å²) in [7, 11) is 1.34. The van der Waals surface area contributed by atoms with E-state index in [1.807, 2.05) is 0 Å². The van der Waals surface area contributed by atoms with Crippen molar-refractivity contribution in [2.75, 3.05) is 11.9 Å². The summed E-state index contributed by atoms with van der Waals surface area (Å²) in [4.78, 5) is 50.5. The summed E-state index contributed by atoms with van der Waals surface area (Å²) in [6, 6.07) is 8.61. The van der Waals surface area contributed by atoms with Gasteiger partial charge in [-0.15, -0.1) is 0 Å². The van der Waals surface area contributed by atoms with Crippen molar-refractivity contribution in [3.05, 3.63) is 41.3 Å². The van der Waals surface area contributed by atoms with Gasteiger partial charge in [0, 0.05) is 7.05 Å². The second-order valence-corrected chi connectivity index (χ2v) is 6.42. The maximum absolute atomic E-state index is 12.7. The van der Waals surface area contributed by atoms with Gasteiger partial charge in [0.2, 0.25) is 11.8 Å². The fourth-order valence-electron chi connectivity index (χ4n) is 2.27. The van der Waals surface area contributed by atoms with E-state index in [1.165, 1.54) is 18.0 Å². The van der Waals surface area contributed by atoms with Crippen LogP contribution in [0.5, 0.6) is 0 Å². The number of hydrogen-bond donors (Lipinski definition) is 1. The Morgan fingerprint density at radius 2 is 1.83 bits per heavy atom. The van der Waals surface area contributed by atoms with Crippen molar-refractivity contribution in [3.8, 4) is 0 Å². The zero-order chi connectivity index (χ0) is 17.4. The van der Waals surface area contributed by atoms with Gasteiger partial charge >= 0.3 is 0 Å².